The summed E-state index contributed by atoms with van der Waals surface area (Å²) in [5.41, 5.74) is 3.29. The molecule has 0 heterocycles. The Labute approximate surface area is 121 Å². The molecule has 2 aromatic rings. The van der Waals surface area contributed by atoms with E-state index in [-0.39, 0.29) is 5.78 Å². The molecule has 2 nitrogen and oxygen atoms in total. The van der Waals surface area contributed by atoms with E-state index < -0.39 is 0 Å². The molecule has 0 N–H and O–H groups in total. The zero-order valence-electron chi connectivity index (χ0n) is 11.2. The van der Waals surface area contributed by atoms with Crippen molar-refractivity contribution in [2.24, 2.45) is 0 Å². The Morgan fingerprint density at radius 1 is 1.11 bits per heavy atom. The van der Waals surface area contributed by atoms with Crippen LogP contribution in [0.1, 0.15) is 27.0 Å². The van der Waals surface area contributed by atoms with E-state index in [2.05, 4.69) is 15.9 Å². The minimum atomic E-state index is 0.0320. The number of carbonyl (C=O) groups is 1. The van der Waals surface area contributed by atoms with E-state index in [1.165, 1.54) is 0 Å². The molecule has 0 saturated heterocycles. The van der Waals surface area contributed by atoms with Crippen molar-refractivity contribution in [3.63, 3.8) is 0 Å². The van der Waals surface area contributed by atoms with Crippen molar-refractivity contribution in [2.45, 2.75) is 13.8 Å². The van der Waals surface area contributed by atoms with Gasteiger partial charge in [-0.1, -0.05) is 28.1 Å². The second kappa shape index (κ2) is 5.57. The lowest BCUT2D eigenvalue weighted by molar-refractivity contribution is 0.103. The molecular weight excluding hydrogens is 304 g/mol. The molecule has 2 rings (SSSR count). The minimum absolute atomic E-state index is 0.0320. The summed E-state index contributed by atoms with van der Waals surface area (Å²) < 4.78 is 6.17. The number of ketones is 1. The van der Waals surface area contributed by atoms with Crippen molar-refractivity contribution in [3.05, 3.63) is 63.1 Å². The number of hydrogen-bond donors (Lipinski definition) is 0. The fraction of sp³-hybridized carbons (Fsp3) is 0.188. The van der Waals surface area contributed by atoms with Crippen molar-refractivity contribution in [1.82, 2.24) is 0 Å². The first kappa shape index (κ1) is 13.8. The van der Waals surface area contributed by atoms with Crippen molar-refractivity contribution in [2.75, 3.05) is 7.11 Å². The lowest BCUT2D eigenvalue weighted by atomic mass is 9.97. The summed E-state index contributed by atoms with van der Waals surface area (Å²) in [4.78, 5) is 12.5. The zero-order chi connectivity index (χ0) is 14.0. The SMILES string of the molecule is COc1cc(C)c(C(=O)c2cccc(Br)c2)cc1C. The quantitative estimate of drug-likeness (QED) is 0.788. The first-order chi connectivity index (χ1) is 9.02. The van der Waals surface area contributed by atoms with E-state index in [0.29, 0.717) is 5.56 Å². The monoisotopic (exact) mass is 318 g/mol. The molecule has 98 valence electrons. The second-order valence-corrected chi connectivity index (χ2v) is 5.39. The van der Waals surface area contributed by atoms with Gasteiger partial charge in [-0.3, -0.25) is 4.79 Å². The first-order valence-electron chi connectivity index (χ1n) is 5.98. The van der Waals surface area contributed by atoms with Gasteiger partial charge < -0.3 is 4.74 Å². The van der Waals surface area contributed by atoms with E-state index in [4.69, 9.17) is 4.74 Å². The third kappa shape index (κ3) is 2.87. The summed E-state index contributed by atoms with van der Waals surface area (Å²) in [6.45, 7) is 3.86. The maximum Gasteiger partial charge on any atom is 0.193 e. The Morgan fingerprint density at radius 2 is 1.84 bits per heavy atom. The van der Waals surface area contributed by atoms with Gasteiger partial charge in [-0.15, -0.1) is 0 Å². The predicted octanol–water partition coefficient (Wildman–Crippen LogP) is 4.31. The van der Waals surface area contributed by atoms with Crippen LogP contribution in [0.25, 0.3) is 0 Å². The standard InChI is InChI=1S/C16H15BrO2/c1-10-8-15(19-3)11(2)7-14(10)16(18)12-5-4-6-13(17)9-12/h4-9H,1-3H3. The van der Waals surface area contributed by atoms with Crippen LogP contribution in [-0.4, -0.2) is 12.9 Å². The average molecular weight is 319 g/mol. The van der Waals surface area contributed by atoms with Gasteiger partial charge in [0.1, 0.15) is 5.75 Å². The molecule has 0 amide bonds. The van der Waals surface area contributed by atoms with Crippen LogP contribution in [0.3, 0.4) is 0 Å². The molecule has 19 heavy (non-hydrogen) atoms. The Morgan fingerprint density at radius 3 is 2.47 bits per heavy atom. The molecule has 2 aromatic carbocycles. The van der Waals surface area contributed by atoms with Crippen molar-refractivity contribution >= 4 is 21.7 Å². The zero-order valence-corrected chi connectivity index (χ0v) is 12.7. The Kier molecular flexibility index (Phi) is 4.05. The van der Waals surface area contributed by atoms with Gasteiger partial charge in [0.25, 0.3) is 0 Å². The van der Waals surface area contributed by atoms with Crippen LogP contribution < -0.4 is 4.74 Å². The lowest BCUT2D eigenvalue weighted by Crippen LogP contribution is -2.05. The lowest BCUT2D eigenvalue weighted by Gasteiger charge is -2.10. The number of methoxy groups -OCH3 is 1. The molecule has 0 radical (unpaired) electrons. The Hall–Kier alpha value is -1.61. The topological polar surface area (TPSA) is 26.3 Å². The van der Waals surface area contributed by atoms with Crippen molar-refractivity contribution in [3.8, 4) is 5.75 Å². The van der Waals surface area contributed by atoms with E-state index in [1.807, 2.05) is 50.2 Å². The molecule has 0 aromatic heterocycles. The maximum absolute atomic E-state index is 12.5. The maximum atomic E-state index is 12.5. The smallest absolute Gasteiger partial charge is 0.193 e. The summed E-state index contributed by atoms with van der Waals surface area (Å²) in [6, 6.07) is 11.2. The van der Waals surface area contributed by atoms with Crippen LogP contribution in [0.4, 0.5) is 0 Å². The molecular formula is C16H15BrO2. The summed E-state index contributed by atoms with van der Waals surface area (Å²) >= 11 is 3.39. The molecule has 3 heteroatoms. The summed E-state index contributed by atoms with van der Waals surface area (Å²) in [6.07, 6.45) is 0. The Balaban J connectivity index is 2.47. The van der Waals surface area contributed by atoms with Crippen LogP contribution >= 0.6 is 15.9 Å². The highest BCUT2D eigenvalue weighted by Crippen LogP contribution is 2.25. The van der Waals surface area contributed by atoms with Gasteiger partial charge >= 0.3 is 0 Å². The summed E-state index contributed by atoms with van der Waals surface area (Å²) in [5.74, 6) is 0.841. The van der Waals surface area contributed by atoms with Crippen LogP contribution in [0.2, 0.25) is 0 Å². The van der Waals surface area contributed by atoms with Gasteiger partial charge in [-0.05, 0) is 49.2 Å². The van der Waals surface area contributed by atoms with Gasteiger partial charge in [0.05, 0.1) is 7.11 Å². The van der Waals surface area contributed by atoms with E-state index >= 15 is 0 Å². The van der Waals surface area contributed by atoms with Gasteiger partial charge in [-0.2, -0.15) is 0 Å². The normalized spacial score (nSPS) is 10.3. The van der Waals surface area contributed by atoms with Gasteiger partial charge in [-0.25, -0.2) is 0 Å². The van der Waals surface area contributed by atoms with Crippen LogP contribution in [0.15, 0.2) is 40.9 Å². The number of ether oxygens (including phenoxy) is 1. The molecule has 0 aliphatic carbocycles. The van der Waals surface area contributed by atoms with E-state index in [1.54, 1.807) is 7.11 Å². The molecule has 0 saturated carbocycles. The van der Waals surface area contributed by atoms with Crippen molar-refractivity contribution in [1.29, 1.82) is 0 Å². The van der Waals surface area contributed by atoms with Gasteiger partial charge in [0.15, 0.2) is 5.78 Å². The second-order valence-electron chi connectivity index (χ2n) is 4.48. The largest absolute Gasteiger partial charge is 0.496 e. The first-order valence-corrected chi connectivity index (χ1v) is 6.77. The number of aryl methyl sites for hydroxylation is 2. The number of carbonyl (C=O) groups excluding carboxylic acids is 1. The number of halogens is 1. The molecule has 0 atom stereocenters. The van der Waals surface area contributed by atoms with Gasteiger partial charge in [0, 0.05) is 15.6 Å². The summed E-state index contributed by atoms with van der Waals surface area (Å²) in [7, 11) is 1.64. The molecule has 0 fully saturated rings. The minimum Gasteiger partial charge on any atom is -0.496 e. The van der Waals surface area contributed by atoms with Crippen LogP contribution in [-0.2, 0) is 0 Å². The summed E-state index contributed by atoms with van der Waals surface area (Å²) in [5, 5.41) is 0. The number of rotatable bonds is 3. The highest BCUT2D eigenvalue weighted by Gasteiger charge is 2.14. The van der Waals surface area contributed by atoms with E-state index in [9.17, 15) is 4.79 Å². The van der Waals surface area contributed by atoms with Crippen molar-refractivity contribution < 1.29 is 9.53 Å². The van der Waals surface area contributed by atoms with E-state index in [0.717, 1.165) is 26.9 Å². The average Bonchev–Trinajstić information content (AvgIpc) is 2.40. The molecule has 0 unspecified atom stereocenters. The molecule has 0 spiro atoms. The molecule has 0 aliphatic rings. The third-order valence-electron chi connectivity index (χ3n) is 3.07. The third-order valence-corrected chi connectivity index (χ3v) is 3.57. The Bertz CT molecular complexity index is 633. The fourth-order valence-corrected chi connectivity index (χ4v) is 2.44. The highest BCUT2D eigenvalue weighted by molar-refractivity contribution is 9.10. The molecule has 0 bridgehead atoms. The highest BCUT2D eigenvalue weighted by atomic mass is 79.9. The number of hydrogen-bond acceptors (Lipinski definition) is 2. The molecule has 0 aliphatic heterocycles. The fourth-order valence-electron chi connectivity index (χ4n) is 2.04. The van der Waals surface area contributed by atoms with Crippen LogP contribution in [0.5, 0.6) is 5.75 Å². The van der Waals surface area contributed by atoms with Gasteiger partial charge in [0.2, 0.25) is 0 Å². The predicted molar refractivity (Wildman–Crippen MR) is 80.0 cm³/mol. The van der Waals surface area contributed by atoms with Crippen LogP contribution in [0, 0.1) is 13.8 Å². The number of benzene rings is 2.